The van der Waals surface area contributed by atoms with Crippen molar-refractivity contribution in [3.05, 3.63) is 94.1 Å². The van der Waals surface area contributed by atoms with Gasteiger partial charge in [-0.15, -0.1) is 10.2 Å². The van der Waals surface area contributed by atoms with Gasteiger partial charge < -0.3 is 19.0 Å². The third kappa shape index (κ3) is 5.15. The van der Waals surface area contributed by atoms with Crippen molar-refractivity contribution < 1.29 is 28.6 Å². The number of Topliss-reactive ketones (excluding diaryl/α,β-unsaturated/α-hetero) is 1. The first-order valence-corrected chi connectivity index (χ1v) is 13.7. The number of nitrogens with zero attached hydrogens (tertiary/aromatic N) is 3. The fourth-order valence-electron chi connectivity index (χ4n) is 4.25. The number of ether oxygens (including phenoxy) is 2. The predicted octanol–water partition coefficient (Wildman–Crippen LogP) is 5.84. The van der Waals surface area contributed by atoms with Gasteiger partial charge in [-0.2, -0.15) is 0 Å². The van der Waals surface area contributed by atoms with Crippen LogP contribution in [-0.4, -0.2) is 41.2 Å². The zero-order valence-corrected chi connectivity index (χ0v) is 23.3. The number of hydrogen-bond acceptors (Lipinski definition) is 10. The molecule has 0 radical (unpaired) electrons. The van der Waals surface area contributed by atoms with Gasteiger partial charge in [0.2, 0.25) is 10.9 Å². The summed E-state index contributed by atoms with van der Waals surface area (Å²) >= 11 is 2.69. The largest absolute Gasteiger partial charge is 0.503 e. The molecular weight excluding hydrogens is 538 g/mol. The fraction of sp³-hybridized carbons (Fsp3) is 0.214. The number of amides is 1. The normalized spacial score (nSPS) is 15.2. The van der Waals surface area contributed by atoms with Gasteiger partial charge in [-0.25, -0.2) is 0 Å². The maximum atomic E-state index is 13.6. The van der Waals surface area contributed by atoms with E-state index in [1.807, 2.05) is 19.1 Å². The van der Waals surface area contributed by atoms with Crippen molar-refractivity contribution in [1.29, 1.82) is 0 Å². The Morgan fingerprint density at radius 1 is 1.05 bits per heavy atom. The lowest BCUT2D eigenvalue weighted by Gasteiger charge is -2.24. The summed E-state index contributed by atoms with van der Waals surface area (Å²) in [5.41, 5.74) is 2.70. The molecule has 11 heteroatoms. The molecule has 9 nitrogen and oxygen atoms in total. The first kappa shape index (κ1) is 26.5. The Hall–Kier alpha value is -4.09. The highest BCUT2D eigenvalue weighted by Crippen LogP contribution is 2.45. The third-order valence-corrected chi connectivity index (χ3v) is 8.35. The zero-order valence-electron chi connectivity index (χ0n) is 21.6. The van der Waals surface area contributed by atoms with E-state index in [1.165, 1.54) is 53.8 Å². The van der Waals surface area contributed by atoms with Crippen molar-refractivity contribution >= 4 is 39.9 Å². The number of benzene rings is 2. The number of aromatic nitrogens is 2. The summed E-state index contributed by atoms with van der Waals surface area (Å²) in [5.74, 6) is 0.0712. The lowest BCUT2D eigenvalue weighted by Crippen LogP contribution is -2.31. The molecule has 0 spiro atoms. The van der Waals surface area contributed by atoms with Crippen molar-refractivity contribution in [2.45, 2.75) is 30.0 Å². The van der Waals surface area contributed by atoms with Crippen LogP contribution >= 0.6 is 23.1 Å². The van der Waals surface area contributed by atoms with Crippen LogP contribution in [0.25, 0.3) is 0 Å². The number of aryl methyl sites for hydroxylation is 2. The Morgan fingerprint density at radius 3 is 2.46 bits per heavy atom. The summed E-state index contributed by atoms with van der Waals surface area (Å²) in [6.07, 6.45) is 0. The fourth-order valence-corrected chi connectivity index (χ4v) is 6.07. The van der Waals surface area contributed by atoms with Crippen molar-refractivity contribution in [1.82, 2.24) is 10.2 Å². The number of furan rings is 1. The molecule has 1 aliphatic heterocycles. The van der Waals surface area contributed by atoms with Crippen LogP contribution in [0.4, 0.5) is 5.13 Å². The summed E-state index contributed by atoms with van der Waals surface area (Å²) < 4.78 is 17.0. The molecule has 0 fully saturated rings. The highest BCUT2D eigenvalue weighted by atomic mass is 32.2. The molecule has 1 amide bonds. The van der Waals surface area contributed by atoms with Gasteiger partial charge in [0.15, 0.2) is 27.4 Å². The molecule has 200 valence electrons. The monoisotopic (exact) mass is 563 g/mol. The molecule has 5 rings (SSSR count). The average Bonchev–Trinajstić information content (AvgIpc) is 3.66. The first-order valence-electron chi connectivity index (χ1n) is 11.9. The second-order valence-corrected chi connectivity index (χ2v) is 11.0. The number of anilines is 1. The minimum atomic E-state index is -1.00. The van der Waals surface area contributed by atoms with Gasteiger partial charge in [0.1, 0.15) is 5.76 Å². The molecule has 39 heavy (non-hydrogen) atoms. The summed E-state index contributed by atoms with van der Waals surface area (Å²) in [4.78, 5) is 28.3. The van der Waals surface area contributed by atoms with Crippen molar-refractivity contribution in [3.63, 3.8) is 0 Å². The molecule has 0 aliphatic carbocycles. The second-order valence-electron chi connectivity index (χ2n) is 8.82. The molecule has 2 aromatic carbocycles. The molecule has 3 heterocycles. The number of rotatable bonds is 9. The van der Waals surface area contributed by atoms with Gasteiger partial charge in [0.25, 0.3) is 5.91 Å². The second kappa shape index (κ2) is 11.0. The van der Waals surface area contributed by atoms with E-state index in [9.17, 15) is 14.7 Å². The standard InChI is InChI=1S/C28H25N3O6S2/c1-15-5-8-17(9-6-15)14-38-28-30-29-27(39-28)31-23(18-10-12-19(35-3)21(13-18)36-4)22(25(33)26(31)34)24(32)20-11-7-16(2)37-20/h5-13,23,33H,14H2,1-4H3. The van der Waals surface area contributed by atoms with Crippen LogP contribution in [0.15, 0.2) is 74.7 Å². The highest BCUT2D eigenvalue weighted by molar-refractivity contribution is 8.00. The summed E-state index contributed by atoms with van der Waals surface area (Å²) in [7, 11) is 3.01. The minimum absolute atomic E-state index is 0.0146. The number of hydrogen-bond donors (Lipinski definition) is 1. The van der Waals surface area contributed by atoms with Crippen LogP contribution in [0.1, 0.15) is 39.0 Å². The average molecular weight is 564 g/mol. The number of carbonyl (C=O) groups excluding carboxylic acids is 2. The van der Waals surface area contributed by atoms with E-state index < -0.39 is 23.5 Å². The minimum Gasteiger partial charge on any atom is -0.503 e. The summed E-state index contributed by atoms with van der Waals surface area (Å²) in [5, 5.41) is 19.8. The van der Waals surface area contributed by atoms with Gasteiger partial charge in [0.05, 0.1) is 25.8 Å². The Morgan fingerprint density at radius 2 is 1.79 bits per heavy atom. The summed E-state index contributed by atoms with van der Waals surface area (Å²) in [6, 6.07) is 15.4. The van der Waals surface area contributed by atoms with Gasteiger partial charge in [0, 0.05) is 5.75 Å². The molecule has 0 saturated carbocycles. The third-order valence-electron chi connectivity index (χ3n) is 6.23. The lowest BCUT2D eigenvalue weighted by atomic mass is 9.95. The molecule has 1 unspecified atom stereocenters. The summed E-state index contributed by atoms with van der Waals surface area (Å²) in [6.45, 7) is 3.74. The number of aliphatic hydroxyl groups excluding tert-OH is 1. The lowest BCUT2D eigenvalue weighted by molar-refractivity contribution is -0.117. The predicted molar refractivity (Wildman–Crippen MR) is 148 cm³/mol. The molecule has 2 aromatic heterocycles. The van der Waals surface area contributed by atoms with Crippen LogP contribution < -0.4 is 14.4 Å². The SMILES string of the molecule is COc1ccc(C2C(C(=O)c3ccc(C)o3)=C(O)C(=O)N2c2nnc(SCc3ccc(C)cc3)s2)cc1OC. The molecule has 1 aliphatic rings. The Bertz CT molecular complexity index is 1570. The smallest absolute Gasteiger partial charge is 0.296 e. The highest BCUT2D eigenvalue weighted by Gasteiger charge is 2.47. The van der Waals surface area contributed by atoms with Crippen LogP contribution in [0.5, 0.6) is 11.5 Å². The molecule has 0 bridgehead atoms. The number of aliphatic hydroxyl groups is 1. The zero-order chi connectivity index (χ0) is 27.7. The van der Waals surface area contributed by atoms with E-state index in [-0.39, 0.29) is 16.5 Å². The van der Waals surface area contributed by atoms with Crippen LogP contribution in [0.2, 0.25) is 0 Å². The number of methoxy groups -OCH3 is 2. The van der Waals surface area contributed by atoms with E-state index in [2.05, 4.69) is 22.3 Å². The van der Waals surface area contributed by atoms with Gasteiger partial charge in [-0.05, 0) is 49.2 Å². The van der Waals surface area contributed by atoms with E-state index >= 15 is 0 Å². The van der Waals surface area contributed by atoms with E-state index in [4.69, 9.17) is 13.9 Å². The maximum absolute atomic E-state index is 13.6. The van der Waals surface area contributed by atoms with Crippen LogP contribution in [0, 0.1) is 13.8 Å². The molecule has 0 saturated heterocycles. The maximum Gasteiger partial charge on any atom is 0.296 e. The number of carbonyl (C=O) groups is 2. The van der Waals surface area contributed by atoms with Gasteiger partial charge >= 0.3 is 0 Å². The number of thioether (sulfide) groups is 1. The van der Waals surface area contributed by atoms with E-state index in [1.54, 1.807) is 31.2 Å². The van der Waals surface area contributed by atoms with Crippen molar-refractivity contribution in [2.24, 2.45) is 0 Å². The molecule has 1 N–H and O–H groups in total. The van der Waals surface area contributed by atoms with Crippen LogP contribution in [-0.2, 0) is 10.5 Å². The van der Waals surface area contributed by atoms with E-state index in [0.717, 1.165) is 5.56 Å². The Balaban J connectivity index is 1.53. The van der Waals surface area contributed by atoms with Crippen molar-refractivity contribution in [3.8, 4) is 11.5 Å². The quantitative estimate of drug-likeness (QED) is 0.152. The number of ketones is 1. The topological polar surface area (TPSA) is 115 Å². The van der Waals surface area contributed by atoms with Gasteiger partial charge in [-0.3, -0.25) is 14.5 Å². The molecule has 1 atom stereocenters. The van der Waals surface area contributed by atoms with Crippen LogP contribution in [0.3, 0.4) is 0 Å². The molecule has 4 aromatic rings. The van der Waals surface area contributed by atoms with Crippen molar-refractivity contribution in [2.75, 3.05) is 19.1 Å². The van der Waals surface area contributed by atoms with Gasteiger partial charge in [-0.1, -0.05) is 59.0 Å². The molecular formula is C28H25N3O6S2. The Kier molecular flexibility index (Phi) is 7.45. The first-order chi connectivity index (χ1) is 18.8. The van der Waals surface area contributed by atoms with E-state index in [0.29, 0.717) is 32.9 Å². The Labute approximate surface area is 233 Å².